The molecular formula is C20H22N2O3. The van der Waals surface area contributed by atoms with Crippen molar-refractivity contribution < 1.29 is 14.3 Å². The lowest BCUT2D eigenvalue weighted by Gasteiger charge is -2.24. The van der Waals surface area contributed by atoms with Gasteiger partial charge in [-0.2, -0.15) is 0 Å². The van der Waals surface area contributed by atoms with E-state index >= 15 is 0 Å². The molecular weight excluding hydrogens is 316 g/mol. The third-order valence-electron chi connectivity index (χ3n) is 4.26. The van der Waals surface area contributed by atoms with Gasteiger partial charge >= 0.3 is 0 Å². The molecule has 1 aliphatic heterocycles. The van der Waals surface area contributed by atoms with Crippen LogP contribution in [0.15, 0.2) is 42.5 Å². The minimum Gasteiger partial charge on any atom is -0.479 e. The molecule has 0 radical (unpaired) electrons. The quantitative estimate of drug-likeness (QED) is 0.930. The number of carbonyl (C=O) groups excluding carboxylic acids is 2. The number of hydrogen-bond donors (Lipinski definition) is 1. The van der Waals surface area contributed by atoms with E-state index in [9.17, 15) is 9.59 Å². The average Bonchev–Trinajstić information content (AvgIpc) is 2.57. The maximum Gasteiger partial charge on any atom is 0.265 e. The Balaban J connectivity index is 1.78. The molecule has 0 aromatic heterocycles. The largest absolute Gasteiger partial charge is 0.479 e. The third kappa shape index (κ3) is 3.65. The number of nitrogens with zero attached hydrogens (tertiary/aromatic N) is 1. The Morgan fingerprint density at radius 3 is 2.76 bits per heavy atom. The Hall–Kier alpha value is -2.82. The fourth-order valence-electron chi connectivity index (χ4n) is 2.93. The number of benzene rings is 2. The molecule has 2 aromatic carbocycles. The molecule has 2 aromatic rings. The van der Waals surface area contributed by atoms with E-state index in [2.05, 4.69) is 5.32 Å². The summed E-state index contributed by atoms with van der Waals surface area (Å²) in [4.78, 5) is 26.3. The number of aryl methyl sites for hydroxylation is 1. The van der Waals surface area contributed by atoms with Gasteiger partial charge < -0.3 is 15.0 Å². The van der Waals surface area contributed by atoms with Crippen LogP contribution >= 0.6 is 0 Å². The number of ether oxygens (including phenoxy) is 1. The van der Waals surface area contributed by atoms with E-state index in [0.717, 1.165) is 16.8 Å². The number of likely N-dealkylation sites (N-methyl/N-ethyl adjacent to an activating group) is 1. The Morgan fingerprint density at radius 2 is 2.04 bits per heavy atom. The summed E-state index contributed by atoms with van der Waals surface area (Å²) in [5.74, 6) is 0.477. The van der Waals surface area contributed by atoms with Gasteiger partial charge in [-0.1, -0.05) is 18.2 Å². The molecule has 0 saturated carbocycles. The maximum absolute atomic E-state index is 12.7. The van der Waals surface area contributed by atoms with Gasteiger partial charge in [0.1, 0.15) is 5.75 Å². The van der Waals surface area contributed by atoms with Crippen LogP contribution in [0.2, 0.25) is 0 Å². The van der Waals surface area contributed by atoms with Crippen molar-refractivity contribution in [1.29, 1.82) is 0 Å². The van der Waals surface area contributed by atoms with Gasteiger partial charge in [-0.15, -0.1) is 0 Å². The van der Waals surface area contributed by atoms with Gasteiger partial charge in [-0.05, 0) is 56.2 Å². The minimum atomic E-state index is -0.503. The second kappa shape index (κ2) is 6.97. The number of rotatable bonds is 4. The lowest BCUT2D eigenvalue weighted by Crippen LogP contribution is -2.34. The van der Waals surface area contributed by atoms with Gasteiger partial charge in [0.05, 0.1) is 12.1 Å². The standard InChI is InChI=1S/C20H22N2O3/c1-4-22(16-7-5-6-13(2)10-16)19(23)12-15-8-9-18-17(11-15)21-20(24)14(3)25-18/h5-11,14H,4,12H2,1-3H3,(H,21,24). The highest BCUT2D eigenvalue weighted by Crippen LogP contribution is 2.30. The second-order valence-electron chi connectivity index (χ2n) is 6.23. The monoisotopic (exact) mass is 338 g/mol. The molecule has 1 atom stereocenters. The summed E-state index contributed by atoms with van der Waals surface area (Å²) in [5.41, 5.74) is 3.47. The van der Waals surface area contributed by atoms with Crippen LogP contribution in [0.1, 0.15) is 25.0 Å². The first-order chi connectivity index (χ1) is 12.0. The van der Waals surface area contributed by atoms with Crippen LogP contribution in [-0.2, 0) is 16.0 Å². The van der Waals surface area contributed by atoms with E-state index in [0.29, 0.717) is 18.0 Å². The molecule has 0 fully saturated rings. The van der Waals surface area contributed by atoms with E-state index in [1.807, 2.05) is 44.2 Å². The highest BCUT2D eigenvalue weighted by Gasteiger charge is 2.24. The molecule has 3 rings (SSSR count). The smallest absolute Gasteiger partial charge is 0.265 e. The highest BCUT2D eigenvalue weighted by molar-refractivity contribution is 5.98. The van der Waals surface area contributed by atoms with Gasteiger partial charge in [0.25, 0.3) is 5.91 Å². The van der Waals surface area contributed by atoms with Crippen molar-refractivity contribution in [1.82, 2.24) is 0 Å². The molecule has 130 valence electrons. The molecule has 0 bridgehead atoms. The fraction of sp³-hybridized carbons (Fsp3) is 0.300. The lowest BCUT2D eigenvalue weighted by molar-refractivity contribution is -0.122. The predicted molar refractivity (Wildman–Crippen MR) is 98.1 cm³/mol. The molecule has 1 heterocycles. The van der Waals surface area contributed by atoms with Crippen LogP contribution in [0, 0.1) is 6.92 Å². The molecule has 1 aliphatic rings. The van der Waals surface area contributed by atoms with Crippen LogP contribution in [0.25, 0.3) is 0 Å². The fourth-order valence-corrected chi connectivity index (χ4v) is 2.93. The first-order valence-electron chi connectivity index (χ1n) is 8.45. The zero-order chi connectivity index (χ0) is 18.0. The maximum atomic E-state index is 12.7. The van der Waals surface area contributed by atoms with Crippen molar-refractivity contribution in [2.45, 2.75) is 33.3 Å². The van der Waals surface area contributed by atoms with Crippen molar-refractivity contribution in [2.24, 2.45) is 0 Å². The number of nitrogens with one attached hydrogen (secondary N) is 1. The van der Waals surface area contributed by atoms with E-state index < -0.39 is 6.10 Å². The minimum absolute atomic E-state index is 0.0180. The summed E-state index contributed by atoms with van der Waals surface area (Å²) < 4.78 is 5.55. The van der Waals surface area contributed by atoms with Crippen molar-refractivity contribution in [3.63, 3.8) is 0 Å². The number of hydrogen-bond acceptors (Lipinski definition) is 3. The first-order valence-corrected chi connectivity index (χ1v) is 8.45. The topological polar surface area (TPSA) is 58.6 Å². The van der Waals surface area contributed by atoms with Crippen LogP contribution in [0.4, 0.5) is 11.4 Å². The number of anilines is 2. The van der Waals surface area contributed by atoms with Crippen molar-refractivity contribution >= 4 is 23.2 Å². The van der Waals surface area contributed by atoms with Gasteiger partial charge in [0.2, 0.25) is 5.91 Å². The van der Waals surface area contributed by atoms with Gasteiger partial charge in [-0.3, -0.25) is 9.59 Å². The van der Waals surface area contributed by atoms with E-state index in [1.54, 1.807) is 24.0 Å². The molecule has 0 aliphatic carbocycles. The summed E-state index contributed by atoms with van der Waals surface area (Å²) in [7, 11) is 0. The Morgan fingerprint density at radius 1 is 1.24 bits per heavy atom. The Bertz CT molecular complexity index is 816. The molecule has 1 unspecified atom stereocenters. The Kier molecular flexibility index (Phi) is 4.74. The summed E-state index contributed by atoms with van der Waals surface area (Å²) in [6.45, 7) is 6.28. The SMILES string of the molecule is CCN(C(=O)Cc1ccc2c(c1)NC(=O)C(C)O2)c1cccc(C)c1. The third-order valence-corrected chi connectivity index (χ3v) is 4.26. The molecule has 5 heteroatoms. The lowest BCUT2D eigenvalue weighted by atomic mass is 10.1. The van der Waals surface area contributed by atoms with E-state index in [1.165, 1.54) is 0 Å². The zero-order valence-electron chi connectivity index (χ0n) is 14.7. The number of fused-ring (bicyclic) bond motifs is 1. The van der Waals surface area contributed by atoms with E-state index in [-0.39, 0.29) is 18.2 Å². The normalized spacial score (nSPS) is 15.8. The zero-order valence-corrected chi connectivity index (χ0v) is 14.7. The average molecular weight is 338 g/mol. The second-order valence-corrected chi connectivity index (χ2v) is 6.23. The summed E-state index contributed by atoms with van der Waals surface area (Å²) in [6, 6.07) is 13.4. The molecule has 5 nitrogen and oxygen atoms in total. The predicted octanol–water partition coefficient (Wildman–Crippen LogP) is 3.31. The number of carbonyl (C=O) groups is 2. The summed E-state index contributed by atoms with van der Waals surface area (Å²) >= 11 is 0. The summed E-state index contributed by atoms with van der Waals surface area (Å²) in [6.07, 6.45) is -0.239. The van der Waals surface area contributed by atoms with Crippen LogP contribution in [0.5, 0.6) is 5.75 Å². The van der Waals surface area contributed by atoms with Crippen molar-refractivity contribution in [3.8, 4) is 5.75 Å². The van der Waals surface area contributed by atoms with Crippen LogP contribution in [-0.4, -0.2) is 24.5 Å². The molecule has 25 heavy (non-hydrogen) atoms. The van der Waals surface area contributed by atoms with Gasteiger partial charge in [0, 0.05) is 12.2 Å². The first kappa shape index (κ1) is 17.0. The van der Waals surface area contributed by atoms with Gasteiger partial charge in [-0.25, -0.2) is 0 Å². The number of amides is 2. The molecule has 2 amide bonds. The van der Waals surface area contributed by atoms with Crippen molar-refractivity contribution in [3.05, 3.63) is 53.6 Å². The van der Waals surface area contributed by atoms with Gasteiger partial charge in [0.15, 0.2) is 6.10 Å². The van der Waals surface area contributed by atoms with Crippen LogP contribution in [0.3, 0.4) is 0 Å². The molecule has 1 N–H and O–H groups in total. The van der Waals surface area contributed by atoms with Crippen LogP contribution < -0.4 is 15.0 Å². The van der Waals surface area contributed by atoms with Crippen molar-refractivity contribution in [2.75, 3.05) is 16.8 Å². The highest BCUT2D eigenvalue weighted by atomic mass is 16.5. The van der Waals surface area contributed by atoms with E-state index in [4.69, 9.17) is 4.74 Å². The summed E-state index contributed by atoms with van der Waals surface area (Å²) in [5, 5.41) is 2.82. The molecule has 0 spiro atoms. The Labute approximate surface area is 147 Å². The molecule has 0 saturated heterocycles.